The third-order valence-electron chi connectivity index (χ3n) is 5.38. The fourth-order valence-corrected chi connectivity index (χ4v) is 4.78. The molecule has 1 atom stereocenters. The normalized spacial score (nSPS) is 18.8. The van der Waals surface area contributed by atoms with Crippen molar-refractivity contribution in [3.8, 4) is 0 Å². The van der Waals surface area contributed by atoms with Gasteiger partial charge in [-0.25, -0.2) is 8.42 Å². The summed E-state index contributed by atoms with van der Waals surface area (Å²) in [7, 11) is -3.37. The van der Waals surface area contributed by atoms with E-state index in [2.05, 4.69) is 10.2 Å². The molecular formula is C20H21F3N4O2S. The minimum atomic E-state index is -4.54. The number of H-pyrrole nitrogens is 1. The Kier molecular flexibility index (Phi) is 5.23. The molecule has 0 bridgehead atoms. The molecule has 1 fully saturated rings. The molecule has 3 aromatic rings. The zero-order valence-electron chi connectivity index (χ0n) is 16.2. The van der Waals surface area contributed by atoms with Crippen LogP contribution in [0, 0.1) is 0 Å². The molecule has 1 aromatic heterocycles. The van der Waals surface area contributed by atoms with Crippen LogP contribution in [0.25, 0.3) is 10.9 Å². The Morgan fingerprint density at radius 3 is 2.53 bits per heavy atom. The zero-order valence-corrected chi connectivity index (χ0v) is 17.0. The van der Waals surface area contributed by atoms with Gasteiger partial charge in [0.1, 0.15) is 5.69 Å². The van der Waals surface area contributed by atoms with Gasteiger partial charge < -0.3 is 4.90 Å². The number of aromatic amines is 1. The van der Waals surface area contributed by atoms with Crippen LogP contribution in [0.5, 0.6) is 0 Å². The number of nitrogens with one attached hydrogen (secondary N) is 1. The van der Waals surface area contributed by atoms with Crippen LogP contribution < -0.4 is 4.90 Å². The summed E-state index contributed by atoms with van der Waals surface area (Å²) in [6.45, 7) is 0.929. The van der Waals surface area contributed by atoms with E-state index in [9.17, 15) is 21.6 Å². The Hall–Kier alpha value is -2.59. The van der Waals surface area contributed by atoms with E-state index in [-0.39, 0.29) is 30.0 Å². The van der Waals surface area contributed by atoms with Crippen LogP contribution in [0.3, 0.4) is 0 Å². The molecule has 0 radical (unpaired) electrons. The quantitative estimate of drug-likeness (QED) is 0.679. The van der Waals surface area contributed by atoms with Crippen molar-refractivity contribution in [2.45, 2.75) is 18.6 Å². The van der Waals surface area contributed by atoms with E-state index in [0.717, 1.165) is 5.56 Å². The van der Waals surface area contributed by atoms with Gasteiger partial charge in [0.25, 0.3) is 0 Å². The van der Waals surface area contributed by atoms with Crippen molar-refractivity contribution in [2.24, 2.45) is 0 Å². The van der Waals surface area contributed by atoms with Gasteiger partial charge in [-0.3, -0.25) is 5.10 Å². The third-order valence-corrected chi connectivity index (χ3v) is 6.65. The number of aromatic nitrogens is 2. The van der Waals surface area contributed by atoms with Crippen LogP contribution in [0.15, 0.2) is 48.5 Å². The van der Waals surface area contributed by atoms with Crippen LogP contribution in [-0.2, 0) is 22.6 Å². The molecule has 6 nitrogen and oxygen atoms in total. The minimum absolute atomic E-state index is 0.00371. The maximum absolute atomic E-state index is 13.3. The highest BCUT2D eigenvalue weighted by Gasteiger charge is 2.36. The van der Waals surface area contributed by atoms with Gasteiger partial charge in [-0.2, -0.15) is 22.6 Å². The van der Waals surface area contributed by atoms with Gasteiger partial charge in [-0.05, 0) is 30.2 Å². The van der Waals surface area contributed by atoms with Crippen LogP contribution in [-0.4, -0.2) is 54.9 Å². The second-order valence-electron chi connectivity index (χ2n) is 7.46. The smallest absolute Gasteiger partial charge is 0.366 e. The standard InChI is InChI=1S/C20H21F3N4O2S/c1-30(28,29)26-9-10-27(16(13-26)11-14-5-3-2-4-6-14)15-7-8-18-17(12-15)19(25-24-18)20(21,22)23/h2-8,12,16H,9-11,13H2,1H3,(H,24,25)/t16-/m1/s1. The Morgan fingerprint density at radius 1 is 1.13 bits per heavy atom. The maximum atomic E-state index is 13.3. The Labute approximate surface area is 172 Å². The topological polar surface area (TPSA) is 69.3 Å². The molecule has 0 amide bonds. The van der Waals surface area contributed by atoms with Gasteiger partial charge in [-0.15, -0.1) is 0 Å². The number of benzene rings is 2. The second-order valence-corrected chi connectivity index (χ2v) is 9.44. The molecule has 1 saturated heterocycles. The van der Waals surface area contributed by atoms with E-state index in [1.54, 1.807) is 12.1 Å². The van der Waals surface area contributed by atoms with Crippen molar-refractivity contribution in [1.29, 1.82) is 0 Å². The minimum Gasteiger partial charge on any atom is -0.366 e. The number of nitrogens with zero attached hydrogens (tertiary/aromatic N) is 3. The Bertz CT molecular complexity index is 1150. The summed E-state index contributed by atoms with van der Waals surface area (Å²) < 4.78 is 65.6. The number of fused-ring (bicyclic) bond motifs is 1. The molecule has 0 aliphatic carbocycles. The van der Waals surface area contributed by atoms with Crippen LogP contribution >= 0.6 is 0 Å². The molecule has 2 aromatic carbocycles. The van der Waals surface area contributed by atoms with E-state index in [1.807, 2.05) is 35.2 Å². The highest BCUT2D eigenvalue weighted by atomic mass is 32.2. The van der Waals surface area contributed by atoms with E-state index >= 15 is 0 Å². The number of hydrogen-bond donors (Lipinski definition) is 1. The average molecular weight is 438 g/mol. The summed E-state index contributed by atoms with van der Waals surface area (Å²) in [6, 6.07) is 14.2. The lowest BCUT2D eigenvalue weighted by Gasteiger charge is -2.42. The number of rotatable bonds is 4. The fraction of sp³-hybridized carbons (Fsp3) is 0.350. The Balaban J connectivity index is 1.71. The lowest BCUT2D eigenvalue weighted by Crippen LogP contribution is -2.55. The number of halogens is 3. The van der Waals surface area contributed by atoms with Gasteiger partial charge in [0, 0.05) is 36.7 Å². The van der Waals surface area contributed by atoms with Gasteiger partial charge in [0.2, 0.25) is 10.0 Å². The first kappa shape index (κ1) is 20.7. The molecule has 2 heterocycles. The zero-order chi connectivity index (χ0) is 21.5. The van der Waals surface area contributed by atoms with Crippen molar-refractivity contribution < 1.29 is 21.6 Å². The van der Waals surface area contributed by atoms with E-state index in [0.29, 0.717) is 18.7 Å². The summed E-state index contributed by atoms with van der Waals surface area (Å²) in [5.41, 5.74) is 1.00. The number of hydrogen-bond acceptors (Lipinski definition) is 4. The first-order chi connectivity index (χ1) is 14.1. The summed E-state index contributed by atoms with van der Waals surface area (Å²) >= 11 is 0. The van der Waals surface area contributed by atoms with Crippen molar-refractivity contribution in [3.63, 3.8) is 0 Å². The number of anilines is 1. The predicted molar refractivity (Wildman–Crippen MR) is 109 cm³/mol. The van der Waals surface area contributed by atoms with Crippen molar-refractivity contribution >= 4 is 26.6 Å². The molecule has 1 aliphatic rings. The monoisotopic (exact) mass is 438 g/mol. The number of alkyl halides is 3. The largest absolute Gasteiger partial charge is 0.433 e. The molecule has 30 heavy (non-hydrogen) atoms. The molecule has 4 rings (SSSR count). The highest BCUT2D eigenvalue weighted by molar-refractivity contribution is 7.88. The Morgan fingerprint density at radius 2 is 1.87 bits per heavy atom. The highest BCUT2D eigenvalue weighted by Crippen LogP contribution is 2.35. The predicted octanol–water partition coefficient (Wildman–Crippen LogP) is 3.27. The molecular weight excluding hydrogens is 417 g/mol. The SMILES string of the molecule is CS(=O)(=O)N1CCN(c2ccc3n[nH]c(C(F)(F)F)c3c2)[C@H](Cc2ccccc2)C1. The van der Waals surface area contributed by atoms with Crippen molar-refractivity contribution in [1.82, 2.24) is 14.5 Å². The molecule has 0 spiro atoms. The lowest BCUT2D eigenvalue weighted by atomic mass is 10.0. The summed E-state index contributed by atoms with van der Waals surface area (Å²) in [4.78, 5) is 1.99. The van der Waals surface area contributed by atoms with Crippen LogP contribution in [0.2, 0.25) is 0 Å². The van der Waals surface area contributed by atoms with E-state index < -0.39 is 21.9 Å². The lowest BCUT2D eigenvalue weighted by molar-refractivity contribution is -0.139. The first-order valence-corrected chi connectivity index (χ1v) is 11.3. The summed E-state index contributed by atoms with van der Waals surface area (Å²) in [5.74, 6) is 0. The molecule has 160 valence electrons. The van der Waals surface area contributed by atoms with Crippen LogP contribution in [0.4, 0.5) is 18.9 Å². The molecule has 0 saturated carbocycles. The van der Waals surface area contributed by atoms with Gasteiger partial charge >= 0.3 is 6.18 Å². The van der Waals surface area contributed by atoms with Gasteiger partial charge in [-0.1, -0.05) is 30.3 Å². The average Bonchev–Trinajstić information content (AvgIpc) is 3.12. The summed E-state index contributed by atoms with van der Waals surface area (Å²) in [5, 5.41) is 5.84. The molecule has 10 heteroatoms. The van der Waals surface area contributed by atoms with Crippen molar-refractivity contribution in [3.05, 3.63) is 59.8 Å². The van der Waals surface area contributed by atoms with E-state index in [4.69, 9.17) is 0 Å². The molecule has 1 aliphatic heterocycles. The van der Waals surface area contributed by atoms with E-state index in [1.165, 1.54) is 16.6 Å². The van der Waals surface area contributed by atoms with Gasteiger partial charge in [0.15, 0.2) is 0 Å². The summed E-state index contributed by atoms with van der Waals surface area (Å²) in [6.07, 6.45) is -2.79. The fourth-order valence-electron chi connectivity index (χ4n) is 3.92. The molecule has 1 N–H and O–H groups in total. The van der Waals surface area contributed by atoms with Gasteiger partial charge in [0.05, 0.1) is 11.8 Å². The second kappa shape index (κ2) is 7.59. The third kappa shape index (κ3) is 4.15. The number of piperazine rings is 1. The maximum Gasteiger partial charge on any atom is 0.433 e. The molecule has 0 unspecified atom stereocenters. The van der Waals surface area contributed by atoms with Crippen LogP contribution in [0.1, 0.15) is 11.3 Å². The first-order valence-electron chi connectivity index (χ1n) is 9.44. The number of sulfonamides is 1. The van der Waals surface area contributed by atoms with Crippen molar-refractivity contribution in [2.75, 3.05) is 30.8 Å².